The molecule has 0 spiro atoms. The molecular weight excluding hydrogens is 254 g/mol. The van der Waals surface area contributed by atoms with Gasteiger partial charge in [0.05, 0.1) is 0 Å². The van der Waals surface area contributed by atoms with Crippen LogP contribution in [0.1, 0.15) is 6.42 Å². The minimum absolute atomic E-state index is 0.614. The fourth-order valence-corrected chi connectivity index (χ4v) is 1.91. The molecule has 6 heteroatoms. The molecular formula is C14H15N5O. The topological polar surface area (TPSA) is 89.9 Å². The standard InChI is InChI=1S/C14H15N5O/c15-4-1-5-16-14-17-7-11(8-18-14)10-2-3-12-13(6-10)20-9-19-12/h2-3,6-9H,1,4-5,15H2,(H,16,17,18). The maximum absolute atomic E-state index is 5.43. The summed E-state index contributed by atoms with van der Waals surface area (Å²) in [6.45, 7) is 1.43. The summed E-state index contributed by atoms with van der Waals surface area (Å²) in [6.07, 6.45) is 5.91. The molecule has 3 N–H and O–H groups in total. The number of nitrogens with one attached hydrogen (secondary N) is 1. The van der Waals surface area contributed by atoms with E-state index in [-0.39, 0.29) is 0 Å². The fourth-order valence-electron chi connectivity index (χ4n) is 1.91. The highest BCUT2D eigenvalue weighted by Gasteiger charge is 2.04. The van der Waals surface area contributed by atoms with Gasteiger partial charge in [-0.15, -0.1) is 0 Å². The molecule has 6 nitrogen and oxygen atoms in total. The Hall–Kier alpha value is -2.47. The first-order valence-electron chi connectivity index (χ1n) is 6.46. The smallest absolute Gasteiger partial charge is 0.222 e. The molecule has 0 aliphatic heterocycles. The Morgan fingerprint density at radius 2 is 1.95 bits per heavy atom. The summed E-state index contributed by atoms with van der Waals surface area (Å²) in [7, 11) is 0. The molecule has 0 fully saturated rings. The number of rotatable bonds is 5. The first-order valence-corrected chi connectivity index (χ1v) is 6.46. The normalized spacial score (nSPS) is 10.8. The van der Waals surface area contributed by atoms with E-state index in [4.69, 9.17) is 10.2 Å². The number of oxazole rings is 1. The number of hydrogen-bond donors (Lipinski definition) is 2. The van der Waals surface area contributed by atoms with Crippen LogP contribution in [0.3, 0.4) is 0 Å². The quantitative estimate of drug-likeness (QED) is 0.689. The Balaban J connectivity index is 1.79. The Kier molecular flexibility index (Phi) is 3.56. The molecule has 0 saturated carbocycles. The van der Waals surface area contributed by atoms with E-state index in [0.717, 1.165) is 35.2 Å². The second-order valence-electron chi connectivity index (χ2n) is 4.40. The molecule has 0 radical (unpaired) electrons. The lowest BCUT2D eigenvalue weighted by molar-refractivity contribution is 0.602. The van der Waals surface area contributed by atoms with Gasteiger partial charge in [-0.1, -0.05) is 6.07 Å². The Morgan fingerprint density at radius 3 is 2.75 bits per heavy atom. The molecule has 102 valence electrons. The highest BCUT2D eigenvalue weighted by molar-refractivity contribution is 5.79. The second-order valence-corrected chi connectivity index (χ2v) is 4.40. The van der Waals surface area contributed by atoms with Crippen LogP contribution >= 0.6 is 0 Å². The van der Waals surface area contributed by atoms with Crippen LogP contribution in [0.25, 0.3) is 22.2 Å². The van der Waals surface area contributed by atoms with E-state index < -0.39 is 0 Å². The molecule has 0 saturated heterocycles. The van der Waals surface area contributed by atoms with Gasteiger partial charge < -0.3 is 15.5 Å². The average Bonchev–Trinajstić information content (AvgIpc) is 2.96. The molecule has 3 aromatic rings. The monoisotopic (exact) mass is 269 g/mol. The summed E-state index contributed by atoms with van der Waals surface area (Å²) < 4.78 is 5.29. The van der Waals surface area contributed by atoms with Gasteiger partial charge in [0.15, 0.2) is 12.0 Å². The summed E-state index contributed by atoms with van der Waals surface area (Å²) in [6, 6.07) is 5.83. The van der Waals surface area contributed by atoms with E-state index in [2.05, 4.69) is 20.3 Å². The third kappa shape index (κ3) is 2.60. The highest BCUT2D eigenvalue weighted by atomic mass is 16.3. The zero-order valence-corrected chi connectivity index (χ0v) is 10.9. The zero-order valence-electron chi connectivity index (χ0n) is 10.9. The van der Waals surface area contributed by atoms with Crippen LogP contribution in [0.15, 0.2) is 41.4 Å². The molecule has 0 unspecified atom stereocenters. The van der Waals surface area contributed by atoms with E-state index in [0.29, 0.717) is 12.5 Å². The van der Waals surface area contributed by atoms with Gasteiger partial charge in [0.2, 0.25) is 5.95 Å². The lowest BCUT2D eigenvalue weighted by Crippen LogP contribution is -2.10. The molecule has 0 aliphatic carbocycles. The molecule has 0 bridgehead atoms. The van der Waals surface area contributed by atoms with Crippen molar-refractivity contribution in [2.75, 3.05) is 18.4 Å². The van der Waals surface area contributed by atoms with E-state index in [1.807, 2.05) is 18.2 Å². The van der Waals surface area contributed by atoms with Crippen molar-refractivity contribution in [3.8, 4) is 11.1 Å². The first kappa shape index (κ1) is 12.6. The molecule has 0 aliphatic rings. The molecule has 2 heterocycles. The van der Waals surface area contributed by atoms with Crippen molar-refractivity contribution >= 4 is 17.0 Å². The lowest BCUT2D eigenvalue weighted by atomic mass is 10.1. The zero-order chi connectivity index (χ0) is 13.8. The third-order valence-electron chi connectivity index (χ3n) is 2.98. The highest BCUT2D eigenvalue weighted by Crippen LogP contribution is 2.23. The van der Waals surface area contributed by atoms with Crippen LogP contribution in [-0.2, 0) is 0 Å². The van der Waals surface area contributed by atoms with Gasteiger partial charge in [0.1, 0.15) is 5.52 Å². The maximum Gasteiger partial charge on any atom is 0.222 e. The summed E-state index contributed by atoms with van der Waals surface area (Å²) in [5.41, 5.74) is 8.97. The van der Waals surface area contributed by atoms with Crippen molar-refractivity contribution in [2.45, 2.75) is 6.42 Å². The number of fused-ring (bicyclic) bond motifs is 1. The summed E-state index contributed by atoms with van der Waals surface area (Å²) in [5, 5.41) is 3.12. The van der Waals surface area contributed by atoms with Crippen LogP contribution in [0.5, 0.6) is 0 Å². The Morgan fingerprint density at radius 1 is 1.10 bits per heavy atom. The fraction of sp³-hybridized carbons (Fsp3) is 0.214. The number of benzene rings is 1. The van der Waals surface area contributed by atoms with Crippen LogP contribution in [0.4, 0.5) is 5.95 Å². The average molecular weight is 269 g/mol. The van der Waals surface area contributed by atoms with Crippen molar-refractivity contribution in [2.24, 2.45) is 5.73 Å². The van der Waals surface area contributed by atoms with Crippen LogP contribution in [0, 0.1) is 0 Å². The number of hydrogen-bond acceptors (Lipinski definition) is 6. The molecule has 0 atom stereocenters. The van der Waals surface area contributed by atoms with Crippen molar-refractivity contribution in [3.05, 3.63) is 37.0 Å². The second kappa shape index (κ2) is 5.66. The van der Waals surface area contributed by atoms with E-state index in [9.17, 15) is 0 Å². The third-order valence-corrected chi connectivity index (χ3v) is 2.98. The number of aromatic nitrogens is 3. The molecule has 20 heavy (non-hydrogen) atoms. The lowest BCUT2D eigenvalue weighted by Gasteiger charge is -2.05. The predicted octanol–water partition coefficient (Wildman–Crippen LogP) is 2.05. The first-order chi connectivity index (χ1) is 9.86. The van der Waals surface area contributed by atoms with Crippen molar-refractivity contribution in [1.29, 1.82) is 0 Å². The molecule has 2 aromatic heterocycles. The summed E-state index contributed by atoms with van der Waals surface area (Å²) in [5.74, 6) is 0.614. The summed E-state index contributed by atoms with van der Waals surface area (Å²) >= 11 is 0. The SMILES string of the molecule is NCCCNc1ncc(-c2ccc3ncoc3c2)cn1. The number of anilines is 1. The molecule has 1 aromatic carbocycles. The molecule has 3 rings (SSSR count). The van der Waals surface area contributed by atoms with Gasteiger partial charge in [-0.05, 0) is 30.7 Å². The van der Waals surface area contributed by atoms with Crippen molar-refractivity contribution in [1.82, 2.24) is 15.0 Å². The maximum atomic E-state index is 5.43. The Labute approximate surface area is 116 Å². The predicted molar refractivity (Wildman–Crippen MR) is 77.2 cm³/mol. The number of nitrogens with two attached hydrogens (primary N) is 1. The van der Waals surface area contributed by atoms with Gasteiger partial charge in [-0.25, -0.2) is 15.0 Å². The van der Waals surface area contributed by atoms with Gasteiger partial charge in [0.25, 0.3) is 0 Å². The largest absolute Gasteiger partial charge is 0.443 e. The van der Waals surface area contributed by atoms with Crippen LogP contribution < -0.4 is 11.1 Å². The van der Waals surface area contributed by atoms with Crippen LogP contribution in [0.2, 0.25) is 0 Å². The number of nitrogens with zero attached hydrogens (tertiary/aromatic N) is 3. The van der Waals surface area contributed by atoms with Gasteiger partial charge >= 0.3 is 0 Å². The van der Waals surface area contributed by atoms with Gasteiger partial charge in [-0.2, -0.15) is 0 Å². The Bertz CT molecular complexity index is 692. The minimum Gasteiger partial charge on any atom is -0.443 e. The molecule has 0 amide bonds. The minimum atomic E-state index is 0.614. The van der Waals surface area contributed by atoms with Gasteiger partial charge in [0, 0.05) is 24.5 Å². The van der Waals surface area contributed by atoms with E-state index in [1.54, 1.807) is 12.4 Å². The van der Waals surface area contributed by atoms with Crippen molar-refractivity contribution in [3.63, 3.8) is 0 Å². The van der Waals surface area contributed by atoms with E-state index >= 15 is 0 Å². The van der Waals surface area contributed by atoms with Crippen LogP contribution in [-0.4, -0.2) is 28.0 Å². The van der Waals surface area contributed by atoms with E-state index in [1.165, 1.54) is 6.39 Å². The van der Waals surface area contributed by atoms with Crippen molar-refractivity contribution < 1.29 is 4.42 Å². The van der Waals surface area contributed by atoms with Gasteiger partial charge in [-0.3, -0.25) is 0 Å². The summed E-state index contributed by atoms with van der Waals surface area (Å²) in [4.78, 5) is 12.7.